The zero-order valence-corrected chi connectivity index (χ0v) is 3.97. The lowest BCUT2D eigenvalue weighted by molar-refractivity contribution is -0.112. The maximum absolute atomic E-state index is 10.0. The van der Waals surface area contributed by atoms with Crippen LogP contribution in [0.4, 0.5) is 0 Å². The van der Waals surface area contributed by atoms with Crippen LogP contribution in [0, 0.1) is 0 Å². The molecule has 5 heteroatoms. The first-order valence-corrected chi connectivity index (χ1v) is 2.00. The highest BCUT2D eigenvalue weighted by Crippen LogP contribution is 1.84. The van der Waals surface area contributed by atoms with Crippen molar-refractivity contribution in [1.82, 2.24) is 11.1 Å². The highest BCUT2D eigenvalue weighted by atomic mass is 16.6. The van der Waals surface area contributed by atoms with Crippen molar-refractivity contribution in [3.05, 3.63) is 0 Å². The summed E-state index contributed by atoms with van der Waals surface area (Å²) in [5, 5.41) is 5.65. The van der Waals surface area contributed by atoms with E-state index in [4.69, 9.17) is 5.73 Å². The number of nitrogens with one attached hydrogen (secondary N) is 2. The average Bonchev–Trinajstić information content (AvgIpc) is 2.12. The van der Waals surface area contributed by atoms with E-state index in [1.165, 1.54) is 0 Å². The van der Waals surface area contributed by atoms with Crippen molar-refractivity contribution in [2.75, 3.05) is 6.73 Å². The first-order chi connectivity index (χ1) is 3.80. The Morgan fingerprint density at radius 2 is 2.75 bits per heavy atom. The fraction of sp³-hybridized carbons (Fsp3) is 0.333. The lowest BCUT2D eigenvalue weighted by Gasteiger charge is -1.85. The van der Waals surface area contributed by atoms with Gasteiger partial charge in [0.25, 0.3) is 0 Å². The molecule has 1 aliphatic heterocycles. The molecule has 0 aliphatic carbocycles. The second-order valence-corrected chi connectivity index (χ2v) is 1.22. The number of carbonyl (C=O) groups excluding carboxylic acids is 1. The maximum Gasteiger partial charge on any atom is 0.308 e. The van der Waals surface area contributed by atoms with Gasteiger partial charge in [0.1, 0.15) is 0 Å². The van der Waals surface area contributed by atoms with Gasteiger partial charge < -0.3 is 10.2 Å². The van der Waals surface area contributed by atoms with E-state index in [1.807, 2.05) is 0 Å². The zero-order valence-electron chi connectivity index (χ0n) is 3.97. The van der Waals surface area contributed by atoms with Crippen LogP contribution in [-0.2, 0) is 9.63 Å². The van der Waals surface area contributed by atoms with E-state index in [0.29, 0.717) is 0 Å². The number of carbonyl (C=O) groups is 1. The predicted molar refractivity (Wildman–Crippen MR) is 24.6 cm³/mol. The van der Waals surface area contributed by atoms with Gasteiger partial charge >= 0.3 is 5.91 Å². The summed E-state index contributed by atoms with van der Waals surface area (Å²) in [5.41, 5.74) is 6.46. The number of hydrogen-bond acceptors (Lipinski definition) is 4. The number of amidine groups is 1. The molecular formula is C3H4N3O2. The van der Waals surface area contributed by atoms with Crippen LogP contribution in [0.5, 0.6) is 0 Å². The summed E-state index contributed by atoms with van der Waals surface area (Å²) < 4.78 is 0. The minimum atomic E-state index is -0.845. The number of rotatable bonds is 1. The molecule has 1 aliphatic rings. The molecule has 0 bridgehead atoms. The predicted octanol–water partition coefficient (Wildman–Crippen LogP) is -1.31. The Bertz CT molecular complexity index is 141. The van der Waals surface area contributed by atoms with Gasteiger partial charge in [-0.3, -0.25) is 10.5 Å². The Labute approximate surface area is 45.5 Å². The Hall–Kier alpha value is -1.26. The van der Waals surface area contributed by atoms with Crippen molar-refractivity contribution < 1.29 is 9.63 Å². The molecule has 8 heavy (non-hydrogen) atoms. The van der Waals surface area contributed by atoms with Crippen LogP contribution in [0.25, 0.3) is 0 Å². The minimum Gasteiger partial charge on any atom is -0.372 e. The molecule has 0 saturated carbocycles. The van der Waals surface area contributed by atoms with Gasteiger partial charge in [0, 0.05) is 0 Å². The lowest BCUT2D eigenvalue weighted by atomic mass is 10.6. The SMILES string of the molecule is [NH]C(=O)C1=NOCN1. The first-order valence-electron chi connectivity index (χ1n) is 2.00. The molecule has 0 unspecified atom stereocenters. The quantitative estimate of drug-likeness (QED) is 0.459. The molecule has 0 spiro atoms. The second-order valence-electron chi connectivity index (χ2n) is 1.22. The normalized spacial score (nSPS) is 16.2. The molecule has 0 fully saturated rings. The molecule has 1 radical (unpaired) electrons. The largest absolute Gasteiger partial charge is 0.372 e. The lowest BCUT2D eigenvalue weighted by Crippen LogP contribution is -2.27. The minimum absolute atomic E-state index is 0.0231. The topological polar surface area (TPSA) is 74.5 Å². The molecule has 0 saturated heterocycles. The van der Waals surface area contributed by atoms with Gasteiger partial charge in [-0.1, -0.05) is 5.16 Å². The molecule has 1 amide bonds. The van der Waals surface area contributed by atoms with Gasteiger partial charge in [-0.15, -0.1) is 0 Å². The van der Waals surface area contributed by atoms with Gasteiger partial charge in [0.05, 0.1) is 0 Å². The van der Waals surface area contributed by atoms with Crippen molar-refractivity contribution in [2.24, 2.45) is 5.16 Å². The number of oxime groups is 1. The fourth-order valence-electron chi connectivity index (χ4n) is 0.351. The van der Waals surface area contributed by atoms with Crippen molar-refractivity contribution >= 4 is 11.7 Å². The monoisotopic (exact) mass is 114 g/mol. The molecule has 1 heterocycles. The third-order valence-corrected chi connectivity index (χ3v) is 0.675. The molecule has 0 aromatic carbocycles. The molecule has 5 nitrogen and oxygen atoms in total. The highest BCUT2D eigenvalue weighted by molar-refractivity contribution is 6.36. The maximum atomic E-state index is 10.0. The summed E-state index contributed by atoms with van der Waals surface area (Å²) in [6.07, 6.45) is 0. The van der Waals surface area contributed by atoms with Crippen molar-refractivity contribution in [3.8, 4) is 0 Å². The van der Waals surface area contributed by atoms with E-state index in [1.54, 1.807) is 0 Å². The van der Waals surface area contributed by atoms with Crippen LogP contribution >= 0.6 is 0 Å². The van der Waals surface area contributed by atoms with E-state index >= 15 is 0 Å². The van der Waals surface area contributed by atoms with Crippen LogP contribution in [0.1, 0.15) is 0 Å². The van der Waals surface area contributed by atoms with Gasteiger partial charge in [-0.2, -0.15) is 0 Å². The molecule has 1 rings (SSSR count). The first kappa shape index (κ1) is 4.89. The van der Waals surface area contributed by atoms with Gasteiger partial charge in [-0.05, 0) is 0 Å². The molecule has 0 aromatic heterocycles. The smallest absolute Gasteiger partial charge is 0.308 e. The fourth-order valence-corrected chi connectivity index (χ4v) is 0.351. The van der Waals surface area contributed by atoms with Gasteiger partial charge in [-0.25, -0.2) is 0 Å². The number of hydrogen-bond donors (Lipinski definition) is 1. The Balaban J connectivity index is 2.57. The molecule has 0 aromatic rings. The number of amides is 1. The van der Waals surface area contributed by atoms with Crippen molar-refractivity contribution in [3.63, 3.8) is 0 Å². The van der Waals surface area contributed by atoms with Crippen LogP contribution in [0.3, 0.4) is 0 Å². The van der Waals surface area contributed by atoms with E-state index < -0.39 is 5.91 Å². The highest BCUT2D eigenvalue weighted by Gasteiger charge is 2.11. The third-order valence-electron chi connectivity index (χ3n) is 0.675. The Morgan fingerprint density at radius 1 is 2.00 bits per heavy atom. The van der Waals surface area contributed by atoms with E-state index in [2.05, 4.69) is 15.3 Å². The summed E-state index contributed by atoms with van der Waals surface area (Å²) in [6.45, 7) is 0.194. The molecule has 0 atom stereocenters. The standard InChI is InChI=1S/C3H4N3O2/c4-2(7)3-5-1-8-6-3/h4H,1H2,(H,5,6). The molecular weight excluding hydrogens is 110 g/mol. The molecule has 43 valence electrons. The van der Waals surface area contributed by atoms with E-state index in [-0.39, 0.29) is 12.6 Å². The van der Waals surface area contributed by atoms with Crippen LogP contribution in [0.15, 0.2) is 5.16 Å². The molecule has 2 N–H and O–H groups in total. The van der Waals surface area contributed by atoms with Crippen molar-refractivity contribution in [2.45, 2.75) is 0 Å². The third kappa shape index (κ3) is 0.699. The van der Waals surface area contributed by atoms with Crippen LogP contribution < -0.4 is 11.1 Å². The van der Waals surface area contributed by atoms with E-state index in [9.17, 15) is 4.79 Å². The summed E-state index contributed by atoms with van der Waals surface area (Å²) in [5.74, 6) is -0.868. The Morgan fingerprint density at radius 3 is 3.00 bits per heavy atom. The van der Waals surface area contributed by atoms with E-state index in [0.717, 1.165) is 0 Å². The zero-order chi connectivity index (χ0) is 5.98. The summed E-state index contributed by atoms with van der Waals surface area (Å²) in [6, 6.07) is 0. The average molecular weight is 114 g/mol. The van der Waals surface area contributed by atoms with Crippen LogP contribution in [-0.4, -0.2) is 18.5 Å². The second kappa shape index (κ2) is 1.69. The Kier molecular flexibility index (Phi) is 1.03. The van der Waals surface area contributed by atoms with Crippen molar-refractivity contribution in [1.29, 1.82) is 0 Å². The van der Waals surface area contributed by atoms with Gasteiger partial charge in [0.15, 0.2) is 6.73 Å². The van der Waals surface area contributed by atoms with Gasteiger partial charge in [0.2, 0.25) is 5.84 Å². The number of nitrogens with zero attached hydrogens (tertiary/aromatic N) is 1. The summed E-state index contributed by atoms with van der Waals surface area (Å²) in [4.78, 5) is 14.4. The van der Waals surface area contributed by atoms with Crippen LogP contribution in [0.2, 0.25) is 0 Å². The summed E-state index contributed by atoms with van der Waals surface area (Å²) >= 11 is 0. The summed E-state index contributed by atoms with van der Waals surface area (Å²) in [7, 11) is 0.